The molecule has 1 aliphatic heterocycles. The molecule has 0 amide bonds. The highest BCUT2D eigenvalue weighted by Gasteiger charge is 2.27. The van der Waals surface area contributed by atoms with Gasteiger partial charge in [0.25, 0.3) is 0 Å². The van der Waals surface area contributed by atoms with Gasteiger partial charge in [0.15, 0.2) is 0 Å². The van der Waals surface area contributed by atoms with Crippen molar-refractivity contribution in [3.63, 3.8) is 0 Å². The Bertz CT molecular complexity index is 924. The van der Waals surface area contributed by atoms with E-state index in [0.29, 0.717) is 6.04 Å². The highest BCUT2D eigenvalue weighted by Crippen LogP contribution is 2.36. The highest BCUT2D eigenvalue weighted by molar-refractivity contribution is 6.31. The van der Waals surface area contributed by atoms with Crippen molar-refractivity contribution < 1.29 is 4.74 Å². The molecule has 1 unspecified atom stereocenters. The van der Waals surface area contributed by atoms with E-state index in [1.165, 1.54) is 29.5 Å². The largest absolute Gasteiger partial charge is 0.497 e. The van der Waals surface area contributed by atoms with Crippen LogP contribution in [0.2, 0.25) is 5.02 Å². The molecule has 0 aromatic heterocycles. The van der Waals surface area contributed by atoms with Crippen LogP contribution < -0.4 is 10.1 Å². The van der Waals surface area contributed by atoms with Gasteiger partial charge < -0.3 is 10.1 Å². The zero-order valence-electron chi connectivity index (χ0n) is 16.8. The first kappa shape index (κ1) is 19.8. The van der Waals surface area contributed by atoms with Crippen molar-refractivity contribution in [1.82, 2.24) is 4.90 Å². The molecule has 1 heterocycles. The van der Waals surface area contributed by atoms with Crippen LogP contribution in [0, 0.1) is 0 Å². The van der Waals surface area contributed by atoms with E-state index in [-0.39, 0.29) is 0 Å². The van der Waals surface area contributed by atoms with E-state index in [1.54, 1.807) is 7.11 Å². The Hall–Kier alpha value is -2.49. The van der Waals surface area contributed by atoms with E-state index in [9.17, 15) is 0 Å². The summed E-state index contributed by atoms with van der Waals surface area (Å²) in [6.07, 6.45) is 2.39. The maximum Gasteiger partial charge on any atom is 0.118 e. The van der Waals surface area contributed by atoms with Crippen LogP contribution in [0.4, 0.5) is 5.69 Å². The normalized spacial score (nSPS) is 16.7. The summed E-state index contributed by atoms with van der Waals surface area (Å²) in [6.45, 7) is 2.87. The number of anilines is 1. The van der Waals surface area contributed by atoms with Crippen LogP contribution >= 0.6 is 11.6 Å². The van der Waals surface area contributed by atoms with E-state index in [2.05, 4.69) is 58.7 Å². The van der Waals surface area contributed by atoms with Crippen LogP contribution in [0.5, 0.6) is 5.75 Å². The van der Waals surface area contributed by atoms with Crippen LogP contribution in [0.15, 0.2) is 72.8 Å². The molecule has 3 aromatic rings. The van der Waals surface area contributed by atoms with Gasteiger partial charge in [0.05, 0.1) is 7.11 Å². The average Bonchev–Trinajstić information content (AvgIpc) is 3.22. The summed E-state index contributed by atoms with van der Waals surface area (Å²) >= 11 is 6.45. The summed E-state index contributed by atoms with van der Waals surface area (Å²) in [6, 6.07) is 25.6. The quantitative estimate of drug-likeness (QED) is 0.498. The standard InChI is InChI=1S/C25H27ClN2O/c1-29-22-14-10-19(11-15-22)17-27-21-12-8-20(9-13-21)18-28-16-4-7-25(28)23-5-2-3-6-24(23)26/h2-3,5-6,8-15,25,27H,4,7,16-18H2,1H3. The van der Waals surface area contributed by atoms with Crippen LogP contribution in [-0.4, -0.2) is 18.6 Å². The zero-order valence-corrected chi connectivity index (χ0v) is 17.5. The van der Waals surface area contributed by atoms with E-state index < -0.39 is 0 Å². The zero-order chi connectivity index (χ0) is 20.1. The van der Waals surface area contributed by atoms with Crippen molar-refractivity contribution in [2.75, 3.05) is 19.0 Å². The van der Waals surface area contributed by atoms with Gasteiger partial charge in [0, 0.05) is 29.8 Å². The van der Waals surface area contributed by atoms with Gasteiger partial charge in [-0.15, -0.1) is 0 Å². The molecule has 0 radical (unpaired) electrons. The molecule has 29 heavy (non-hydrogen) atoms. The first-order chi connectivity index (χ1) is 14.2. The van der Waals surface area contributed by atoms with Crippen LogP contribution in [0.25, 0.3) is 0 Å². The lowest BCUT2D eigenvalue weighted by Gasteiger charge is -2.25. The number of methoxy groups -OCH3 is 1. The molecule has 1 saturated heterocycles. The molecule has 4 heteroatoms. The van der Waals surface area contributed by atoms with Gasteiger partial charge in [-0.3, -0.25) is 4.90 Å². The van der Waals surface area contributed by atoms with E-state index in [4.69, 9.17) is 16.3 Å². The first-order valence-corrected chi connectivity index (χ1v) is 10.5. The second-order valence-electron chi connectivity index (χ2n) is 7.55. The Morgan fingerprint density at radius 1 is 0.966 bits per heavy atom. The Labute approximate surface area is 178 Å². The Kier molecular flexibility index (Phi) is 6.38. The molecule has 4 rings (SSSR count). The molecule has 3 nitrogen and oxygen atoms in total. The summed E-state index contributed by atoms with van der Waals surface area (Å²) < 4.78 is 5.21. The lowest BCUT2D eigenvalue weighted by molar-refractivity contribution is 0.248. The number of benzene rings is 3. The van der Waals surface area contributed by atoms with Gasteiger partial charge in [0.2, 0.25) is 0 Å². The summed E-state index contributed by atoms with van der Waals surface area (Å²) in [5.41, 5.74) is 4.95. The Balaban J connectivity index is 1.35. The van der Waals surface area contributed by atoms with Gasteiger partial charge in [-0.1, -0.05) is 54.1 Å². The van der Waals surface area contributed by atoms with Crippen molar-refractivity contribution in [2.24, 2.45) is 0 Å². The van der Waals surface area contributed by atoms with Crippen LogP contribution in [0.3, 0.4) is 0 Å². The second-order valence-corrected chi connectivity index (χ2v) is 7.96. The van der Waals surface area contributed by atoms with Gasteiger partial charge in [0.1, 0.15) is 5.75 Å². The van der Waals surface area contributed by atoms with E-state index in [1.807, 2.05) is 24.3 Å². The number of hydrogen-bond donors (Lipinski definition) is 1. The lowest BCUT2D eigenvalue weighted by atomic mass is 10.0. The monoisotopic (exact) mass is 406 g/mol. The number of likely N-dealkylation sites (tertiary alicyclic amines) is 1. The minimum atomic E-state index is 0.413. The summed E-state index contributed by atoms with van der Waals surface area (Å²) in [5, 5.41) is 4.37. The van der Waals surface area contributed by atoms with Gasteiger partial charge >= 0.3 is 0 Å². The minimum absolute atomic E-state index is 0.413. The summed E-state index contributed by atoms with van der Waals surface area (Å²) in [4.78, 5) is 2.54. The van der Waals surface area contributed by atoms with E-state index >= 15 is 0 Å². The maximum atomic E-state index is 6.45. The average molecular weight is 407 g/mol. The fourth-order valence-corrected chi connectivity index (χ4v) is 4.28. The fraction of sp³-hybridized carbons (Fsp3) is 0.280. The molecule has 3 aromatic carbocycles. The lowest BCUT2D eigenvalue weighted by Crippen LogP contribution is -2.23. The van der Waals surface area contributed by atoms with Crippen molar-refractivity contribution in [2.45, 2.75) is 32.0 Å². The molecule has 150 valence electrons. The fourth-order valence-electron chi connectivity index (χ4n) is 4.02. The first-order valence-electron chi connectivity index (χ1n) is 10.2. The third-order valence-corrected chi connectivity index (χ3v) is 5.97. The third kappa shape index (κ3) is 4.92. The molecule has 0 saturated carbocycles. The Morgan fingerprint density at radius 3 is 2.41 bits per heavy atom. The highest BCUT2D eigenvalue weighted by atomic mass is 35.5. The number of nitrogens with one attached hydrogen (secondary N) is 1. The minimum Gasteiger partial charge on any atom is -0.497 e. The predicted molar refractivity (Wildman–Crippen MR) is 121 cm³/mol. The molecular weight excluding hydrogens is 380 g/mol. The smallest absolute Gasteiger partial charge is 0.118 e. The number of ether oxygens (including phenoxy) is 1. The van der Waals surface area contributed by atoms with Crippen molar-refractivity contribution in [3.8, 4) is 5.75 Å². The molecule has 0 spiro atoms. The van der Waals surface area contributed by atoms with Crippen molar-refractivity contribution >= 4 is 17.3 Å². The van der Waals surface area contributed by atoms with Gasteiger partial charge in [-0.2, -0.15) is 0 Å². The van der Waals surface area contributed by atoms with Gasteiger partial charge in [-0.05, 0) is 66.4 Å². The van der Waals surface area contributed by atoms with Crippen LogP contribution in [-0.2, 0) is 13.1 Å². The predicted octanol–water partition coefficient (Wildman–Crippen LogP) is 6.30. The third-order valence-electron chi connectivity index (χ3n) is 5.62. The number of rotatable bonds is 7. The Morgan fingerprint density at radius 2 is 1.69 bits per heavy atom. The second kappa shape index (κ2) is 9.34. The molecule has 0 bridgehead atoms. The maximum absolute atomic E-state index is 6.45. The molecule has 0 aliphatic carbocycles. The summed E-state index contributed by atoms with van der Waals surface area (Å²) in [7, 11) is 1.69. The van der Waals surface area contributed by atoms with Gasteiger partial charge in [-0.25, -0.2) is 0 Å². The van der Waals surface area contributed by atoms with Crippen molar-refractivity contribution in [3.05, 3.63) is 94.5 Å². The molecular formula is C25H27ClN2O. The number of halogens is 1. The number of hydrogen-bond acceptors (Lipinski definition) is 3. The molecule has 1 fully saturated rings. The molecule has 1 atom stereocenters. The summed E-state index contributed by atoms with van der Waals surface area (Å²) in [5.74, 6) is 0.884. The number of nitrogens with zero attached hydrogens (tertiary/aromatic N) is 1. The van der Waals surface area contributed by atoms with E-state index in [0.717, 1.165) is 36.1 Å². The molecule has 1 N–H and O–H groups in total. The van der Waals surface area contributed by atoms with Crippen LogP contribution in [0.1, 0.15) is 35.6 Å². The SMILES string of the molecule is COc1ccc(CNc2ccc(CN3CCCC3c3ccccc3Cl)cc2)cc1. The topological polar surface area (TPSA) is 24.5 Å². The molecule has 1 aliphatic rings. The van der Waals surface area contributed by atoms with Crippen molar-refractivity contribution in [1.29, 1.82) is 0 Å².